The third kappa shape index (κ3) is 3.24. The molecule has 19 heavy (non-hydrogen) atoms. The maximum absolute atomic E-state index is 5.53. The standard InChI is InChI=1S/C15H23N3O/c1-2-6-13-14(7-3-1)17-11-18-15(13)16-9-12-5-4-8-19-10-12/h11-12H,1-10H2,(H,16,17,18). The lowest BCUT2D eigenvalue weighted by Gasteiger charge is -2.23. The summed E-state index contributed by atoms with van der Waals surface area (Å²) in [4.78, 5) is 8.91. The Morgan fingerprint density at radius 1 is 1.16 bits per heavy atom. The van der Waals surface area contributed by atoms with Gasteiger partial charge in [-0.1, -0.05) is 6.42 Å². The van der Waals surface area contributed by atoms with E-state index in [1.165, 1.54) is 43.4 Å². The summed E-state index contributed by atoms with van der Waals surface area (Å²) >= 11 is 0. The van der Waals surface area contributed by atoms with Crippen LogP contribution in [0.5, 0.6) is 0 Å². The fourth-order valence-corrected chi connectivity index (χ4v) is 3.06. The summed E-state index contributed by atoms with van der Waals surface area (Å²) in [7, 11) is 0. The Labute approximate surface area is 115 Å². The molecule has 1 aliphatic carbocycles. The van der Waals surface area contributed by atoms with E-state index in [9.17, 15) is 0 Å². The van der Waals surface area contributed by atoms with Crippen LogP contribution in [0.2, 0.25) is 0 Å². The second-order valence-electron chi connectivity index (χ2n) is 5.67. The van der Waals surface area contributed by atoms with Crippen molar-refractivity contribution >= 4 is 5.82 Å². The highest BCUT2D eigenvalue weighted by Gasteiger charge is 2.17. The molecule has 104 valence electrons. The lowest BCUT2D eigenvalue weighted by atomic mass is 10.0. The molecule has 2 aliphatic rings. The zero-order chi connectivity index (χ0) is 12.9. The second kappa shape index (κ2) is 6.33. The van der Waals surface area contributed by atoms with Gasteiger partial charge >= 0.3 is 0 Å². The van der Waals surface area contributed by atoms with Crippen LogP contribution >= 0.6 is 0 Å². The lowest BCUT2D eigenvalue weighted by Crippen LogP contribution is -2.25. The zero-order valence-electron chi connectivity index (χ0n) is 11.5. The number of aryl methyl sites for hydroxylation is 1. The van der Waals surface area contributed by atoms with E-state index in [4.69, 9.17) is 4.74 Å². The molecule has 1 aliphatic heterocycles. The number of ether oxygens (including phenoxy) is 1. The molecule has 1 aromatic heterocycles. The van der Waals surface area contributed by atoms with E-state index in [2.05, 4.69) is 15.3 Å². The van der Waals surface area contributed by atoms with Gasteiger partial charge in [0.2, 0.25) is 0 Å². The van der Waals surface area contributed by atoms with Gasteiger partial charge in [-0.3, -0.25) is 0 Å². The topological polar surface area (TPSA) is 47.0 Å². The second-order valence-corrected chi connectivity index (χ2v) is 5.67. The molecule has 0 spiro atoms. The Bertz CT molecular complexity index is 416. The molecule has 3 rings (SSSR count). The number of nitrogens with one attached hydrogen (secondary N) is 1. The average molecular weight is 261 g/mol. The van der Waals surface area contributed by atoms with Crippen molar-refractivity contribution in [2.45, 2.75) is 44.9 Å². The van der Waals surface area contributed by atoms with Gasteiger partial charge in [-0.25, -0.2) is 9.97 Å². The van der Waals surface area contributed by atoms with Crippen LogP contribution in [0.1, 0.15) is 43.4 Å². The lowest BCUT2D eigenvalue weighted by molar-refractivity contribution is 0.0594. The first-order chi connectivity index (χ1) is 9.43. The minimum Gasteiger partial charge on any atom is -0.381 e. The predicted molar refractivity (Wildman–Crippen MR) is 75.3 cm³/mol. The Hall–Kier alpha value is -1.16. The average Bonchev–Trinajstić information content (AvgIpc) is 2.72. The highest BCUT2D eigenvalue weighted by molar-refractivity contribution is 5.46. The first kappa shape index (κ1) is 12.9. The summed E-state index contributed by atoms with van der Waals surface area (Å²) in [6.07, 6.45) is 10.2. The number of anilines is 1. The van der Waals surface area contributed by atoms with Gasteiger partial charge in [0.25, 0.3) is 0 Å². The molecular formula is C15H23N3O. The molecule has 1 saturated heterocycles. The molecule has 0 aromatic carbocycles. The van der Waals surface area contributed by atoms with Crippen LogP contribution in [0.25, 0.3) is 0 Å². The van der Waals surface area contributed by atoms with E-state index in [0.717, 1.165) is 38.4 Å². The van der Waals surface area contributed by atoms with Gasteiger partial charge in [0.1, 0.15) is 12.1 Å². The summed E-state index contributed by atoms with van der Waals surface area (Å²) in [5, 5.41) is 3.54. The monoisotopic (exact) mass is 261 g/mol. The number of fused-ring (bicyclic) bond motifs is 1. The summed E-state index contributed by atoms with van der Waals surface area (Å²) < 4.78 is 5.53. The minimum absolute atomic E-state index is 0.630. The summed E-state index contributed by atoms with van der Waals surface area (Å²) in [5.74, 6) is 1.70. The predicted octanol–water partition coefficient (Wildman–Crippen LogP) is 2.58. The van der Waals surface area contributed by atoms with Crippen LogP contribution in [-0.4, -0.2) is 29.7 Å². The highest BCUT2D eigenvalue weighted by Crippen LogP contribution is 2.24. The molecule has 1 fully saturated rings. The van der Waals surface area contributed by atoms with Crippen LogP contribution in [-0.2, 0) is 17.6 Å². The maximum Gasteiger partial charge on any atom is 0.132 e. The van der Waals surface area contributed by atoms with Crippen LogP contribution < -0.4 is 5.32 Å². The molecule has 0 radical (unpaired) electrons. The Balaban J connectivity index is 1.66. The van der Waals surface area contributed by atoms with Gasteiger partial charge in [-0.05, 0) is 44.4 Å². The third-order valence-corrected chi connectivity index (χ3v) is 4.19. The van der Waals surface area contributed by atoms with Crippen molar-refractivity contribution in [2.24, 2.45) is 5.92 Å². The summed E-state index contributed by atoms with van der Waals surface area (Å²) in [5.41, 5.74) is 2.62. The molecule has 1 N–H and O–H groups in total. The van der Waals surface area contributed by atoms with E-state index >= 15 is 0 Å². The Morgan fingerprint density at radius 2 is 2.11 bits per heavy atom. The van der Waals surface area contributed by atoms with Crippen LogP contribution in [0.15, 0.2) is 6.33 Å². The van der Waals surface area contributed by atoms with Crippen LogP contribution in [0, 0.1) is 5.92 Å². The Morgan fingerprint density at radius 3 is 3.00 bits per heavy atom. The third-order valence-electron chi connectivity index (χ3n) is 4.19. The minimum atomic E-state index is 0.630. The normalized spacial score (nSPS) is 23.5. The van der Waals surface area contributed by atoms with Gasteiger partial charge in [-0.2, -0.15) is 0 Å². The van der Waals surface area contributed by atoms with Gasteiger partial charge < -0.3 is 10.1 Å². The van der Waals surface area contributed by atoms with E-state index in [1.54, 1.807) is 6.33 Å². The molecule has 4 heteroatoms. The van der Waals surface area contributed by atoms with Crippen molar-refractivity contribution < 1.29 is 4.74 Å². The quantitative estimate of drug-likeness (QED) is 0.850. The molecule has 2 heterocycles. The van der Waals surface area contributed by atoms with E-state index in [-0.39, 0.29) is 0 Å². The first-order valence-corrected chi connectivity index (χ1v) is 7.58. The molecular weight excluding hydrogens is 238 g/mol. The van der Waals surface area contributed by atoms with Crippen molar-refractivity contribution in [3.05, 3.63) is 17.6 Å². The molecule has 1 aromatic rings. The number of hydrogen-bond donors (Lipinski definition) is 1. The molecule has 1 atom stereocenters. The fraction of sp³-hybridized carbons (Fsp3) is 0.733. The number of rotatable bonds is 3. The van der Waals surface area contributed by atoms with Crippen LogP contribution in [0.3, 0.4) is 0 Å². The van der Waals surface area contributed by atoms with Gasteiger partial charge in [0.05, 0.1) is 6.61 Å². The SMILES string of the molecule is c1nc2c(c(NCC3CCCOC3)n1)CCCCC2. The van der Waals surface area contributed by atoms with Crippen molar-refractivity contribution in [3.8, 4) is 0 Å². The van der Waals surface area contributed by atoms with Gasteiger partial charge in [0.15, 0.2) is 0 Å². The Kier molecular flexibility index (Phi) is 4.28. The van der Waals surface area contributed by atoms with Crippen molar-refractivity contribution in [2.75, 3.05) is 25.1 Å². The highest BCUT2D eigenvalue weighted by atomic mass is 16.5. The summed E-state index contributed by atoms with van der Waals surface area (Å²) in [6, 6.07) is 0. The summed E-state index contributed by atoms with van der Waals surface area (Å²) in [6.45, 7) is 2.79. The number of aromatic nitrogens is 2. The number of nitrogens with zero attached hydrogens (tertiary/aromatic N) is 2. The first-order valence-electron chi connectivity index (χ1n) is 7.58. The molecule has 0 saturated carbocycles. The van der Waals surface area contributed by atoms with E-state index in [0.29, 0.717) is 5.92 Å². The molecule has 1 unspecified atom stereocenters. The van der Waals surface area contributed by atoms with Crippen LogP contribution in [0.4, 0.5) is 5.82 Å². The molecule has 4 nitrogen and oxygen atoms in total. The molecule has 0 amide bonds. The van der Waals surface area contributed by atoms with Crippen molar-refractivity contribution in [3.63, 3.8) is 0 Å². The fourth-order valence-electron chi connectivity index (χ4n) is 3.06. The zero-order valence-corrected chi connectivity index (χ0v) is 11.5. The van der Waals surface area contributed by atoms with E-state index in [1.807, 2.05) is 0 Å². The van der Waals surface area contributed by atoms with Crippen molar-refractivity contribution in [1.82, 2.24) is 9.97 Å². The largest absolute Gasteiger partial charge is 0.381 e. The smallest absolute Gasteiger partial charge is 0.132 e. The van der Waals surface area contributed by atoms with Gasteiger partial charge in [-0.15, -0.1) is 0 Å². The van der Waals surface area contributed by atoms with Crippen molar-refractivity contribution in [1.29, 1.82) is 0 Å². The van der Waals surface area contributed by atoms with E-state index < -0.39 is 0 Å². The van der Waals surface area contributed by atoms with Gasteiger partial charge in [0, 0.05) is 24.4 Å². The number of hydrogen-bond acceptors (Lipinski definition) is 4. The maximum atomic E-state index is 5.53. The molecule has 0 bridgehead atoms.